The smallest absolute Gasteiger partial charge is 0.348 e. The van der Waals surface area contributed by atoms with Crippen molar-refractivity contribution in [3.63, 3.8) is 0 Å². The van der Waals surface area contributed by atoms with Gasteiger partial charge in [0, 0.05) is 47.8 Å². The summed E-state index contributed by atoms with van der Waals surface area (Å²) >= 11 is 0. The number of aromatic nitrogens is 6. The molecule has 0 atom stereocenters. The minimum absolute atomic E-state index is 0.294. The molecule has 0 saturated heterocycles. The molecule has 2 aromatic carbocycles. The van der Waals surface area contributed by atoms with Crippen LogP contribution >= 0.6 is 0 Å². The highest BCUT2D eigenvalue weighted by molar-refractivity contribution is 5.96. The second-order valence-electron chi connectivity index (χ2n) is 8.63. The predicted molar refractivity (Wildman–Crippen MR) is 133 cm³/mol. The van der Waals surface area contributed by atoms with E-state index in [4.69, 9.17) is 5.73 Å². The van der Waals surface area contributed by atoms with Crippen LogP contribution in [0.4, 0.5) is 8.78 Å². The molecule has 0 aliphatic rings. The molecular weight excluding hydrogens is 464 g/mol. The first-order valence-electron chi connectivity index (χ1n) is 11.3. The Morgan fingerprint density at radius 1 is 0.944 bits per heavy atom. The van der Waals surface area contributed by atoms with E-state index in [-0.39, 0.29) is 0 Å². The van der Waals surface area contributed by atoms with Crippen molar-refractivity contribution >= 4 is 21.8 Å². The Hall–Kier alpha value is -4.57. The van der Waals surface area contributed by atoms with Gasteiger partial charge in [0.05, 0.1) is 29.1 Å². The third-order valence-electron chi connectivity index (χ3n) is 6.33. The molecule has 0 amide bonds. The average Bonchev–Trinajstić information content (AvgIpc) is 3.51. The molecule has 4 aromatic heterocycles. The zero-order chi connectivity index (χ0) is 25.0. The van der Waals surface area contributed by atoms with Crippen molar-refractivity contribution in [1.82, 2.24) is 28.9 Å². The van der Waals surface area contributed by atoms with Crippen molar-refractivity contribution in [2.24, 2.45) is 12.8 Å². The molecule has 4 heterocycles. The number of aryl methyl sites for hydroxylation is 1. The lowest BCUT2D eigenvalue weighted by Gasteiger charge is -2.06. The summed E-state index contributed by atoms with van der Waals surface area (Å²) in [5, 5.41) is 7.90. The van der Waals surface area contributed by atoms with Gasteiger partial charge in [0.15, 0.2) is 5.82 Å². The van der Waals surface area contributed by atoms with Crippen molar-refractivity contribution < 1.29 is 8.78 Å². The Balaban J connectivity index is 1.57. The number of rotatable bonds is 5. The van der Waals surface area contributed by atoms with Crippen molar-refractivity contribution in [2.75, 3.05) is 0 Å². The van der Waals surface area contributed by atoms with Crippen LogP contribution in [-0.4, -0.2) is 28.9 Å². The summed E-state index contributed by atoms with van der Waals surface area (Å²) in [6.07, 6.45) is 3.56. The van der Waals surface area contributed by atoms with Crippen LogP contribution in [0.3, 0.4) is 0 Å². The minimum atomic E-state index is -0.495. The summed E-state index contributed by atoms with van der Waals surface area (Å²) in [6.45, 7) is 0.702. The number of hydrogen-bond donors (Lipinski definition) is 2. The van der Waals surface area contributed by atoms with Crippen molar-refractivity contribution in [2.45, 2.75) is 13.1 Å². The van der Waals surface area contributed by atoms with Gasteiger partial charge in [0.2, 0.25) is 0 Å². The highest BCUT2D eigenvalue weighted by atomic mass is 19.1. The van der Waals surface area contributed by atoms with Gasteiger partial charge >= 0.3 is 5.69 Å². The summed E-state index contributed by atoms with van der Waals surface area (Å²) in [6, 6.07) is 14.5. The molecule has 3 N–H and O–H groups in total. The molecule has 36 heavy (non-hydrogen) atoms. The summed E-state index contributed by atoms with van der Waals surface area (Å²) in [4.78, 5) is 17.6. The van der Waals surface area contributed by atoms with Gasteiger partial charge in [0.1, 0.15) is 11.6 Å². The van der Waals surface area contributed by atoms with Gasteiger partial charge in [0.25, 0.3) is 0 Å². The Bertz CT molecular complexity index is 1830. The van der Waals surface area contributed by atoms with Crippen LogP contribution in [0, 0.1) is 11.6 Å². The van der Waals surface area contributed by atoms with Crippen molar-refractivity contribution in [3.8, 4) is 17.1 Å². The van der Waals surface area contributed by atoms with Crippen LogP contribution in [0.1, 0.15) is 11.4 Å². The molecule has 0 aliphatic heterocycles. The van der Waals surface area contributed by atoms with E-state index in [1.165, 1.54) is 28.8 Å². The SMILES string of the molecule is Cn1cc(-c2n[nH]c(=O)n2-c2cn(Cc3cccc(CN)n3)c3ccc(F)cc23)c2cc(F)ccc21. The minimum Gasteiger partial charge on any atom is -0.350 e. The van der Waals surface area contributed by atoms with E-state index in [9.17, 15) is 13.6 Å². The van der Waals surface area contributed by atoms with Crippen LogP contribution in [0.15, 0.2) is 71.8 Å². The van der Waals surface area contributed by atoms with Gasteiger partial charge in [-0.05, 0) is 48.5 Å². The number of nitrogens with zero attached hydrogens (tertiary/aromatic N) is 5. The lowest BCUT2D eigenvalue weighted by Crippen LogP contribution is -2.15. The molecule has 0 aliphatic carbocycles. The van der Waals surface area contributed by atoms with Gasteiger partial charge in [-0.2, -0.15) is 5.10 Å². The third-order valence-corrected chi connectivity index (χ3v) is 6.33. The first kappa shape index (κ1) is 21.9. The van der Waals surface area contributed by atoms with Crippen LogP contribution in [0.5, 0.6) is 0 Å². The maximum Gasteiger partial charge on any atom is 0.348 e. The lowest BCUT2D eigenvalue weighted by molar-refractivity contribution is 0.629. The number of benzene rings is 2. The Kier molecular flexibility index (Phi) is 5.04. The lowest BCUT2D eigenvalue weighted by atomic mass is 10.1. The fraction of sp³-hybridized carbons (Fsp3) is 0.115. The maximum absolute atomic E-state index is 14.4. The highest BCUT2D eigenvalue weighted by Crippen LogP contribution is 2.33. The molecule has 10 heteroatoms. The van der Waals surface area contributed by atoms with E-state index in [1.807, 2.05) is 34.4 Å². The van der Waals surface area contributed by atoms with Crippen LogP contribution in [0.2, 0.25) is 0 Å². The van der Waals surface area contributed by atoms with Crippen molar-refractivity contribution in [3.05, 3.63) is 100 Å². The number of hydrogen-bond acceptors (Lipinski definition) is 4. The van der Waals surface area contributed by atoms with Gasteiger partial charge < -0.3 is 14.9 Å². The number of pyridine rings is 1. The first-order valence-corrected chi connectivity index (χ1v) is 11.3. The second-order valence-corrected chi connectivity index (χ2v) is 8.63. The molecule has 0 fully saturated rings. The molecule has 180 valence electrons. The quantitative estimate of drug-likeness (QED) is 0.387. The van der Waals surface area contributed by atoms with E-state index < -0.39 is 17.3 Å². The second kappa shape index (κ2) is 8.28. The Morgan fingerprint density at radius 3 is 2.44 bits per heavy atom. The zero-order valence-corrected chi connectivity index (χ0v) is 19.2. The van der Waals surface area contributed by atoms with E-state index in [1.54, 1.807) is 24.5 Å². The zero-order valence-electron chi connectivity index (χ0n) is 19.2. The first-order chi connectivity index (χ1) is 17.4. The van der Waals surface area contributed by atoms with E-state index in [0.29, 0.717) is 40.9 Å². The van der Waals surface area contributed by atoms with Crippen LogP contribution < -0.4 is 11.4 Å². The normalized spacial score (nSPS) is 11.7. The van der Waals surface area contributed by atoms with Crippen LogP contribution in [-0.2, 0) is 20.1 Å². The molecule has 0 unspecified atom stereocenters. The molecule has 8 nitrogen and oxygen atoms in total. The molecule has 0 bridgehead atoms. The number of nitrogens with two attached hydrogens (primary N) is 1. The number of nitrogens with one attached hydrogen (secondary N) is 1. The monoisotopic (exact) mass is 485 g/mol. The average molecular weight is 485 g/mol. The molecule has 0 spiro atoms. The summed E-state index contributed by atoms with van der Waals surface area (Å²) < 4.78 is 33.6. The number of H-pyrrole nitrogens is 1. The Morgan fingerprint density at radius 2 is 1.67 bits per heavy atom. The summed E-state index contributed by atoms with van der Waals surface area (Å²) in [5.41, 5.74) is 9.29. The van der Waals surface area contributed by atoms with E-state index in [0.717, 1.165) is 22.4 Å². The van der Waals surface area contributed by atoms with Crippen LogP contribution in [0.25, 0.3) is 38.9 Å². The largest absolute Gasteiger partial charge is 0.350 e. The molecule has 0 saturated carbocycles. The molecule has 6 rings (SSSR count). The topological polar surface area (TPSA) is 99.5 Å². The van der Waals surface area contributed by atoms with Crippen molar-refractivity contribution in [1.29, 1.82) is 0 Å². The number of fused-ring (bicyclic) bond motifs is 2. The van der Waals surface area contributed by atoms with Gasteiger partial charge in [-0.1, -0.05) is 6.07 Å². The summed E-state index contributed by atoms with van der Waals surface area (Å²) in [5.74, 6) is -0.539. The Labute approximate surface area is 203 Å². The van der Waals surface area contributed by atoms with Gasteiger partial charge in [-0.15, -0.1) is 0 Å². The third kappa shape index (κ3) is 3.50. The fourth-order valence-corrected chi connectivity index (χ4v) is 4.71. The van der Waals surface area contributed by atoms with Gasteiger partial charge in [-0.3, -0.25) is 4.98 Å². The van der Waals surface area contributed by atoms with E-state index in [2.05, 4.69) is 15.2 Å². The fourth-order valence-electron chi connectivity index (χ4n) is 4.71. The standard InChI is InChI=1S/C26H21F2N7O/c1-33-13-21(19-9-15(27)5-7-22(19)33)25-31-32-26(36)35(25)24-14-34(23-8-6-16(28)10-20(23)24)12-18-4-2-3-17(11-29)30-18/h2-10,13-14H,11-12,29H2,1H3,(H,32,36). The maximum atomic E-state index is 14.4. The molecule has 0 radical (unpaired) electrons. The summed E-state index contributed by atoms with van der Waals surface area (Å²) in [7, 11) is 1.84. The molecule has 6 aromatic rings. The molecular formula is C26H21F2N7O. The van der Waals surface area contributed by atoms with E-state index >= 15 is 0 Å². The number of aromatic amines is 1. The predicted octanol–water partition coefficient (Wildman–Crippen LogP) is 3.85. The van der Waals surface area contributed by atoms with Gasteiger partial charge in [-0.25, -0.2) is 23.2 Å². The highest BCUT2D eigenvalue weighted by Gasteiger charge is 2.21. The number of halogens is 2.